The average Bonchev–Trinajstić information content (AvgIpc) is 2.27. The third-order valence-corrected chi connectivity index (χ3v) is 2.57. The van der Waals surface area contributed by atoms with Gasteiger partial charge in [-0.25, -0.2) is 0 Å². The normalized spacial score (nSPS) is 13.6. The number of aliphatic hydroxyl groups excluding tert-OH is 1. The fourth-order valence-electron chi connectivity index (χ4n) is 1.04. The Kier molecular flexibility index (Phi) is 5.28. The Morgan fingerprint density at radius 3 is 2.39 bits per heavy atom. The highest BCUT2D eigenvalue weighted by molar-refractivity contribution is 6.68. The number of carbonyl (C=O) groups excluding carboxylic acids is 1. The van der Waals surface area contributed by atoms with Crippen molar-refractivity contribution in [1.82, 2.24) is 5.32 Å². The maximum Gasteiger partial charge on any atom is 0.246 e. The minimum absolute atomic E-state index is 0.578. The molecule has 7 heteroatoms. The number of rotatable bonds is 3. The maximum atomic E-state index is 11.4. The van der Waals surface area contributed by atoms with E-state index in [0.717, 1.165) is 5.56 Å². The second-order valence-electron chi connectivity index (χ2n) is 3.45. The number of amides is 1. The Balaban J connectivity index is 2.57. The molecule has 4 N–H and O–H groups in total. The number of benzene rings is 1. The summed E-state index contributed by atoms with van der Waals surface area (Å²) in [5, 5.41) is 11.4. The number of nitrogen functional groups attached to an aromatic ring is 1. The molecule has 0 spiro atoms. The van der Waals surface area contributed by atoms with Crippen molar-refractivity contribution in [3.63, 3.8) is 0 Å². The lowest BCUT2D eigenvalue weighted by molar-refractivity contribution is -0.119. The van der Waals surface area contributed by atoms with E-state index in [-0.39, 0.29) is 0 Å². The molecule has 1 aromatic carbocycles. The van der Waals surface area contributed by atoms with E-state index in [2.05, 4.69) is 5.32 Å². The smallest absolute Gasteiger partial charge is 0.246 e. The molecule has 0 fully saturated rings. The average molecular weight is 310 g/mol. The first-order valence-electron chi connectivity index (χ1n) is 4.88. The zero-order valence-corrected chi connectivity index (χ0v) is 11.4. The second-order valence-corrected chi connectivity index (χ2v) is 5.82. The topological polar surface area (TPSA) is 75.4 Å². The van der Waals surface area contributed by atoms with E-state index in [9.17, 15) is 9.90 Å². The van der Waals surface area contributed by atoms with Gasteiger partial charge in [-0.3, -0.25) is 4.79 Å². The number of anilines is 1. The summed E-state index contributed by atoms with van der Waals surface area (Å²) in [5.74, 6) is -0.578. The van der Waals surface area contributed by atoms with Crippen molar-refractivity contribution in [2.75, 3.05) is 5.73 Å². The predicted octanol–water partition coefficient (Wildman–Crippen LogP) is 2.09. The van der Waals surface area contributed by atoms with Crippen molar-refractivity contribution in [3.8, 4) is 0 Å². The summed E-state index contributed by atoms with van der Waals surface area (Å²) in [6.07, 6.45) is 1.18. The fraction of sp³-hybridized carbons (Fsp3) is 0.182. The summed E-state index contributed by atoms with van der Waals surface area (Å²) < 4.78 is -1.97. The van der Waals surface area contributed by atoms with Gasteiger partial charge in [-0.05, 0) is 23.8 Å². The molecule has 0 aliphatic carbocycles. The molecule has 0 heterocycles. The molecule has 0 radical (unpaired) electrons. The number of alkyl halides is 3. The van der Waals surface area contributed by atoms with Crippen LogP contribution in [0.25, 0.3) is 6.08 Å². The Bertz CT molecular complexity index is 441. The molecule has 1 amide bonds. The van der Waals surface area contributed by atoms with Crippen molar-refractivity contribution in [2.45, 2.75) is 10.0 Å². The third kappa shape index (κ3) is 5.14. The van der Waals surface area contributed by atoms with Gasteiger partial charge in [-0.1, -0.05) is 46.9 Å². The van der Waals surface area contributed by atoms with Crippen LogP contribution in [0.3, 0.4) is 0 Å². The zero-order valence-electron chi connectivity index (χ0n) is 9.11. The van der Waals surface area contributed by atoms with E-state index >= 15 is 0 Å². The Morgan fingerprint density at radius 1 is 1.33 bits per heavy atom. The number of nitrogens with one attached hydrogen (secondary N) is 1. The molecule has 0 aromatic heterocycles. The van der Waals surface area contributed by atoms with Crippen LogP contribution < -0.4 is 11.1 Å². The van der Waals surface area contributed by atoms with Gasteiger partial charge in [0.1, 0.15) is 0 Å². The van der Waals surface area contributed by atoms with Crippen molar-refractivity contribution in [1.29, 1.82) is 0 Å². The Hall–Kier alpha value is -0.940. The molecule has 1 unspecified atom stereocenters. The molecule has 0 saturated heterocycles. The summed E-state index contributed by atoms with van der Waals surface area (Å²) in [5.41, 5.74) is 6.92. The molecule has 0 aliphatic rings. The van der Waals surface area contributed by atoms with Gasteiger partial charge in [0.15, 0.2) is 6.23 Å². The molecule has 0 bridgehead atoms. The van der Waals surface area contributed by atoms with Crippen LogP contribution in [0.4, 0.5) is 5.69 Å². The van der Waals surface area contributed by atoms with Gasteiger partial charge >= 0.3 is 0 Å². The van der Waals surface area contributed by atoms with Crippen molar-refractivity contribution < 1.29 is 9.90 Å². The third-order valence-electron chi connectivity index (χ3n) is 1.95. The fourth-order valence-corrected chi connectivity index (χ4v) is 1.21. The van der Waals surface area contributed by atoms with Crippen molar-refractivity contribution >= 4 is 52.5 Å². The molecular weight excluding hydrogens is 298 g/mol. The zero-order chi connectivity index (χ0) is 13.8. The molecule has 0 saturated carbocycles. The summed E-state index contributed by atoms with van der Waals surface area (Å²) in [7, 11) is 0. The van der Waals surface area contributed by atoms with Crippen LogP contribution in [-0.2, 0) is 4.79 Å². The lowest BCUT2D eigenvalue weighted by atomic mass is 10.2. The van der Waals surface area contributed by atoms with Gasteiger partial charge in [0.2, 0.25) is 9.70 Å². The summed E-state index contributed by atoms with van der Waals surface area (Å²) in [6, 6.07) is 6.89. The maximum absolute atomic E-state index is 11.4. The first-order chi connectivity index (χ1) is 8.29. The molecule has 1 rings (SSSR count). The van der Waals surface area contributed by atoms with Gasteiger partial charge in [0.25, 0.3) is 0 Å². The predicted molar refractivity (Wildman–Crippen MR) is 74.3 cm³/mol. The minimum atomic E-state index is -1.97. The van der Waals surface area contributed by atoms with Gasteiger partial charge in [-0.2, -0.15) is 0 Å². The Morgan fingerprint density at radius 2 is 1.89 bits per heavy atom. The number of hydrogen-bond acceptors (Lipinski definition) is 3. The van der Waals surface area contributed by atoms with E-state index in [1.807, 2.05) is 0 Å². The molecule has 0 aliphatic heterocycles. The lowest BCUT2D eigenvalue weighted by Crippen LogP contribution is -2.42. The SMILES string of the molecule is Nc1ccc(/C=C/C(=O)NC(O)C(Cl)(Cl)Cl)cc1. The van der Waals surface area contributed by atoms with Gasteiger partial charge in [0.05, 0.1) is 0 Å². The van der Waals surface area contributed by atoms with Crippen LogP contribution >= 0.6 is 34.8 Å². The first kappa shape index (κ1) is 15.1. The molecular formula is C11H11Cl3N2O2. The van der Waals surface area contributed by atoms with Crippen molar-refractivity contribution in [2.24, 2.45) is 0 Å². The van der Waals surface area contributed by atoms with Crippen LogP contribution in [0.5, 0.6) is 0 Å². The van der Waals surface area contributed by atoms with E-state index in [1.54, 1.807) is 30.3 Å². The van der Waals surface area contributed by atoms with E-state index in [4.69, 9.17) is 40.5 Å². The summed E-state index contributed by atoms with van der Waals surface area (Å²) >= 11 is 16.2. The van der Waals surface area contributed by atoms with E-state index in [0.29, 0.717) is 5.69 Å². The number of aliphatic hydroxyl groups is 1. The van der Waals surface area contributed by atoms with Gasteiger partial charge < -0.3 is 16.2 Å². The van der Waals surface area contributed by atoms with Crippen LogP contribution in [0, 0.1) is 0 Å². The van der Waals surface area contributed by atoms with Crippen LogP contribution in [0.15, 0.2) is 30.3 Å². The van der Waals surface area contributed by atoms with E-state index in [1.165, 1.54) is 6.08 Å². The molecule has 1 atom stereocenters. The summed E-state index contributed by atoms with van der Waals surface area (Å²) in [6.45, 7) is 0. The molecule has 1 aromatic rings. The van der Waals surface area contributed by atoms with Crippen LogP contribution in [0.1, 0.15) is 5.56 Å². The standard InChI is InChI=1S/C11H11Cl3N2O2/c12-11(13,14)10(18)16-9(17)6-3-7-1-4-8(15)5-2-7/h1-6,10,18H,15H2,(H,16,17)/b6-3+. The molecule has 4 nitrogen and oxygen atoms in total. The largest absolute Gasteiger partial charge is 0.399 e. The number of nitrogens with two attached hydrogens (primary N) is 1. The highest BCUT2D eigenvalue weighted by Crippen LogP contribution is 2.28. The van der Waals surface area contributed by atoms with Gasteiger partial charge in [0, 0.05) is 11.8 Å². The number of carbonyl (C=O) groups is 1. The quantitative estimate of drug-likeness (QED) is 0.346. The lowest BCUT2D eigenvalue weighted by Gasteiger charge is -2.18. The van der Waals surface area contributed by atoms with Gasteiger partial charge in [-0.15, -0.1) is 0 Å². The highest BCUT2D eigenvalue weighted by Gasteiger charge is 2.31. The van der Waals surface area contributed by atoms with Crippen molar-refractivity contribution in [3.05, 3.63) is 35.9 Å². The van der Waals surface area contributed by atoms with Crippen LogP contribution in [-0.4, -0.2) is 21.0 Å². The van der Waals surface area contributed by atoms with Crippen LogP contribution in [0.2, 0.25) is 0 Å². The van der Waals surface area contributed by atoms with E-state index < -0.39 is 15.9 Å². The highest BCUT2D eigenvalue weighted by atomic mass is 35.6. The Labute approximate surface area is 119 Å². The number of halogens is 3. The molecule has 18 heavy (non-hydrogen) atoms. The minimum Gasteiger partial charge on any atom is -0.399 e. The number of hydrogen-bond donors (Lipinski definition) is 3. The molecule has 98 valence electrons. The first-order valence-corrected chi connectivity index (χ1v) is 6.01. The summed E-state index contributed by atoms with van der Waals surface area (Å²) in [4.78, 5) is 11.4. The second kappa shape index (κ2) is 6.29. The monoisotopic (exact) mass is 308 g/mol.